The van der Waals surface area contributed by atoms with Gasteiger partial charge >= 0.3 is 11.9 Å². The number of hydrogen-bond donors (Lipinski definition) is 3. The summed E-state index contributed by atoms with van der Waals surface area (Å²) >= 11 is 5.75. The number of esters is 2. The van der Waals surface area contributed by atoms with Crippen LogP contribution < -0.4 is 60.2 Å². The summed E-state index contributed by atoms with van der Waals surface area (Å²) in [6, 6.07) is 44.1. The minimum atomic E-state index is -0.933. The van der Waals surface area contributed by atoms with Crippen molar-refractivity contribution in [2.45, 2.75) is 96.4 Å². The second-order valence-electron chi connectivity index (χ2n) is 27.2. The summed E-state index contributed by atoms with van der Waals surface area (Å²) in [7, 11) is 4.75. The highest BCUT2D eigenvalue weighted by Gasteiger charge is 2.38. The van der Waals surface area contributed by atoms with Gasteiger partial charge in [0.1, 0.15) is 28.6 Å². The van der Waals surface area contributed by atoms with E-state index in [4.69, 9.17) is 45.8 Å². The van der Waals surface area contributed by atoms with Gasteiger partial charge in [-0.05, 0) is 217 Å². The zero-order chi connectivity index (χ0) is 79.7. The standard InChI is InChI=1S/C27H28N4O5.C25H25N5O4.C20H25N3O3.C11H15ClN2O3/c1-3-36-27(34)24-22-15-17-30(19-9-7-18(8-10-19)29-16-5-4-6-23(29)32)26(33)25(22)31(28-24)20-11-13-21(35-2)14-12-20;1-34-19-11-9-18(10-12-19)30-23-20(22(27-30)24(26)32)13-15-29(25(23)33)17-7-5-16(6-8-17)28-14-3-2-4-21(28)31;24-19-5-1-2-10-22(19)16-6-8-17(9-7-16)23-11-3-4-18(20(23)25)21-12-14-26-15-13-21;1-3-17-11(15)10(12)14-13-8-4-6-9(16-2)7-5-8/h7-14H,3-6,15-17H2,1-2H3;5-12H,2-4,13-15H2,1H3,(H2,26,32);4,6-9H,1-3,5,10-15H2;4-7,10,13-14H,3H2,1-2H3. The molecule has 0 bridgehead atoms. The van der Waals surface area contributed by atoms with E-state index in [2.05, 4.69) is 25.9 Å². The van der Waals surface area contributed by atoms with Crippen LogP contribution in [0.25, 0.3) is 11.4 Å². The van der Waals surface area contributed by atoms with Gasteiger partial charge in [0.25, 0.3) is 23.6 Å². The molecule has 7 aliphatic heterocycles. The zero-order valence-corrected chi connectivity index (χ0v) is 64.7. The fraction of sp³-hybridized carbons (Fsp3) is 0.361. The second kappa shape index (κ2) is 37.8. The van der Waals surface area contributed by atoms with E-state index >= 15 is 0 Å². The first kappa shape index (κ1) is 80.4. The number of carbonyl (C=O) groups excluding carboxylic acids is 9. The maximum Gasteiger partial charge on any atom is 0.359 e. The monoisotopic (exact) mass is 1560 g/mol. The van der Waals surface area contributed by atoms with Crippen LogP contribution in [0.2, 0.25) is 0 Å². The Bertz CT molecular complexity index is 4760. The quantitative estimate of drug-likeness (QED) is 0.0276. The van der Waals surface area contributed by atoms with Crippen molar-refractivity contribution in [1.82, 2.24) is 29.9 Å². The molecule has 2 aromatic heterocycles. The van der Waals surface area contributed by atoms with Gasteiger partial charge in [-0.1, -0.05) is 17.7 Å². The average Bonchev–Trinajstić information content (AvgIpc) is 1.61. The van der Waals surface area contributed by atoms with Crippen molar-refractivity contribution in [3.63, 3.8) is 0 Å². The highest BCUT2D eigenvalue weighted by atomic mass is 35.5. The lowest BCUT2D eigenvalue weighted by Crippen LogP contribution is -2.45. The van der Waals surface area contributed by atoms with E-state index in [1.807, 2.05) is 88.7 Å². The predicted octanol–water partition coefficient (Wildman–Crippen LogP) is 10.4. The van der Waals surface area contributed by atoms with Crippen molar-refractivity contribution in [2.75, 3.05) is 135 Å². The number of hydrazine groups is 1. The molecule has 1 unspecified atom stereocenters. The Hall–Kier alpha value is -12.1. The van der Waals surface area contributed by atoms with Crippen LogP contribution in [0.4, 0.5) is 39.8 Å². The van der Waals surface area contributed by atoms with Crippen molar-refractivity contribution < 1.29 is 71.6 Å². The van der Waals surface area contributed by atoms with E-state index in [9.17, 15) is 43.2 Å². The summed E-state index contributed by atoms with van der Waals surface area (Å²) in [4.78, 5) is 126. The van der Waals surface area contributed by atoms with Gasteiger partial charge in [0.2, 0.25) is 17.7 Å². The number of fused-ring (bicyclic) bond motifs is 2. The number of ether oxygens (including phenoxy) is 6. The molecule has 6 aromatic carbocycles. The van der Waals surface area contributed by atoms with Gasteiger partial charge in [-0.2, -0.15) is 10.2 Å². The number of anilines is 7. The van der Waals surface area contributed by atoms with E-state index in [-0.39, 0.29) is 53.4 Å². The highest BCUT2D eigenvalue weighted by molar-refractivity contribution is 6.29. The first-order valence-electron chi connectivity index (χ1n) is 38.1. The second-order valence-corrected chi connectivity index (χ2v) is 27.6. The topological polar surface area (TPSA) is 317 Å². The number of halogens is 1. The van der Waals surface area contributed by atoms with Crippen LogP contribution in [-0.4, -0.2) is 183 Å². The molecule has 9 heterocycles. The molecule has 113 heavy (non-hydrogen) atoms. The Labute approximate surface area is 659 Å². The largest absolute Gasteiger partial charge is 0.497 e. The molecule has 4 fully saturated rings. The van der Waals surface area contributed by atoms with Crippen LogP contribution in [0.5, 0.6) is 17.2 Å². The SMILES string of the molecule is CCOC(=O)C(Cl)NNc1ccc(OC)cc1.CCOC(=O)c1nn(-c2ccc(OC)cc2)c2c1CCN(c1ccc(N3CCCCC3=O)cc1)C2=O.COc1ccc(-n2nc(C(N)=O)c3c2C(=O)N(c2ccc(N4CCCCC4=O)cc2)CC3)cc1.O=C1CCCCN1c1ccc(N2CCC=C(N3CCOCC3)C2=O)cc1. The van der Waals surface area contributed by atoms with Gasteiger partial charge < -0.3 is 73.9 Å². The smallest absolute Gasteiger partial charge is 0.359 e. The predicted molar refractivity (Wildman–Crippen MR) is 427 cm³/mol. The fourth-order valence-corrected chi connectivity index (χ4v) is 14.5. The third-order valence-corrected chi connectivity index (χ3v) is 20.5. The van der Waals surface area contributed by atoms with Gasteiger partial charge in [-0.3, -0.25) is 33.6 Å². The number of benzene rings is 6. The van der Waals surface area contributed by atoms with Crippen LogP contribution in [-0.2, 0) is 51.0 Å². The van der Waals surface area contributed by atoms with Crippen molar-refractivity contribution >= 4 is 105 Å². The molecule has 7 aliphatic rings. The van der Waals surface area contributed by atoms with Crippen LogP contribution in [0.1, 0.15) is 131 Å². The lowest BCUT2D eigenvalue weighted by molar-refractivity contribution is -0.143. The number of carbonyl (C=O) groups is 9. The maximum atomic E-state index is 13.8. The Morgan fingerprint density at radius 2 is 0.823 bits per heavy atom. The van der Waals surface area contributed by atoms with Gasteiger partial charge in [0.05, 0.1) is 64.8 Å². The summed E-state index contributed by atoms with van der Waals surface area (Å²) in [5.74, 6) is 0.344. The van der Waals surface area contributed by atoms with E-state index in [0.717, 1.165) is 110 Å². The minimum absolute atomic E-state index is 0.0555. The van der Waals surface area contributed by atoms with Crippen molar-refractivity contribution in [1.29, 1.82) is 0 Å². The zero-order valence-electron chi connectivity index (χ0n) is 64.0. The van der Waals surface area contributed by atoms with E-state index < -0.39 is 23.3 Å². The Balaban J connectivity index is 0.000000144. The third-order valence-electron chi connectivity index (χ3n) is 20.2. The molecule has 8 aromatic rings. The van der Waals surface area contributed by atoms with Crippen LogP contribution >= 0.6 is 11.6 Å². The third kappa shape index (κ3) is 18.8. The maximum absolute atomic E-state index is 13.8. The molecule has 0 aliphatic carbocycles. The molecular formula is C83H93ClN14O15. The van der Waals surface area contributed by atoms with Crippen molar-refractivity contribution in [3.05, 3.63) is 191 Å². The summed E-state index contributed by atoms with van der Waals surface area (Å²) in [6.07, 6.45) is 11.4. The highest BCUT2D eigenvalue weighted by Crippen LogP contribution is 2.36. The molecule has 592 valence electrons. The van der Waals surface area contributed by atoms with E-state index in [1.54, 1.807) is 128 Å². The Kier molecular flexibility index (Phi) is 26.9. The normalized spacial score (nSPS) is 16.5. The molecule has 0 saturated carbocycles. The van der Waals surface area contributed by atoms with Gasteiger partial charge in [-0.15, -0.1) is 0 Å². The number of rotatable bonds is 20. The van der Waals surface area contributed by atoms with Crippen LogP contribution in [0.3, 0.4) is 0 Å². The number of hydrogen-bond acceptors (Lipinski definition) is 20. The first-order chi connectivity index (χ1) is 54.9. The number of piperidine rings is 3. The molecule has 15 rings (SSSR count). The fourth-order valence-electron chi connectivity index (χ4n) is 14.3. The van der Waals surface area contributed by atoms with Gasteiger partial charge in [0, 0.05) is 123 Å². The Morgan fingerprint density at radius 1 is 0.451 bits per heavy atom. The number of aromatic nitrogens is 4. The molecule has 4 N–H and O–H groups in total. The van der Waals surface area contributed by atoms with Crippen LogP contribution in [0, 0.1) is 0 Å². The number of morpholine rings is 1. The number of alkyl halides is 1. The number of primary amides is 1. The summed E-state index contributed by atoms with van der Waals surface area (Å²) in [5.41, 5.74) is 19.9. The van der Waals surface area contributed by atoms with Crippen molar-refractivity contribution in [3.8, 4) is 28.6 Å². The number of nitrogens with one attached hydrogen (secondary N) is 2. The number of amides is 7. The average molecular weight is 1560 g/mol. The van der Waals surface area contributed by atoms with E-state index in [1.165, 1.54) is 9.36 Å². The molecule has 7 amide bonds. The molecule has 30 heteroatoms. The van der Waals surface area contributed by atoms with Gasteiger partial charge in [0.15, 0.2) is 16.9 Å². The summed E-state index contributed by atoms with van der Waals surface area (Å²) < 4.78 is 33.8. The Morgan fingerprint density at radius 3 is 1.21 bits per heavy atom. The van der Waals surface area contributed by atoms with E-state index in [0.29, 0.717) is 136 Å². The lowest BCUT2D eigenvalue weighted by atomic mass is 10.0. The molecular weight excluding hydrogens is 1470 g/mol. The number of nitrogens with two attached hydrogens (primary N) is 1. The molecule has 0 radical (unpaired) electrons. The lowest BCUT2D eigenvalue weighted by Gasteiger charge is -2.35. The number of nitrogens with zero attached hydrogens (tertiary/aromatic N) is 11. The molecule has 29 nitrogen and oxygen atoms in total. The van der Waals surface area contributed by atoms with Gasteiger partial charge in [-0.25, -0.2) is 24.4 Å². The molecule has 4 saturated heterocycles. The number of methoxy groups -OCH3 is 3. The first-order valence-corrected chi connectivity index (χ1v) is 38.5. The molecule has 1 atom stereocenters. The van der Waals surface area contributed by atoms with Crippen molar-refractivity contribution in [2.24, 2.45) is 5.73 Å². The van der Waals surface area contributed by atoms with Crippen LogP contribution in [0.15, 0.2) is 157 Å². The summed E-state index contributed by atoms with van der Waals surface area (Å²) in [5, 5.41) is 8.90. The summed E-state index contributed by atoms with van der Waals surface area (Å²) in [6.45, 7) is 10.5. The minimum Gasteiger partial charge on any atom is -0.497 e. The molecule has 0 spiro atoms.